The van der Waals surface area contributed by atoms with Gasteiger partial charge in [0.25, 0.3) is 0 Å². The van der Waals surface area contributed by atoms with Gasteiger partial charge in [0.1, 0.15) is 0 Å². The van der Waals surface area contributed by atoms with Crippen LogP contribution in [-0.2, 0) is 0 Å². The molecule has 1 aromatic rings. The van der Waals surface area contributed by atoms with Crippen LogP contribution in [0, 0.1) is 0 Å². The van der Waals surface area contributed by atoms with E-state index in [2.05, 4.69) is 25.8 Å². The van der Waals surface area contributed by atoms with Gasteiger partial charge in [0.2, 0.25) is 0 Å². The normalized spacial score (nSPS) is 14.8. The fourth-order valence-corrected chi connectivity index (χ4v) is 2.26. The summed E-state index contributed by atoms with van der Waals surface area (Å²) in [5, 5.41) is 10.8. The van der Waals surface area contributed by atoms with E-state index in [0.29, 0.717) is 11.1 Å². The first kappa shape index (κ1) is 15.5. The Hall–Kier alpha value is -0.570. The quantitative estimate of drug-likeness (QED) is 0.812. The number of aliphatic hydroxyl groups excluding tert-OH is 1. The molecule has 0 saturated heterocycles. The summed E-state index contributed by atoms with van der Waals surface area (Å²) < 4.78 is 0. The number of aliphatic hydroxyl groups is 1. The van der Waals surface area contributed by atoms with Crippen molar-refractivity contribution in [3.8, 4) is 0 Å². The minimum Gasteiger partial charge on any atom is -0.388 e. The van der Waals surface area contributed by atoms with E-state index in [1.165, 1.54) is 12.8 Å². The van der Waals surface area contributed by atoms with Crippen LogP contribution >= 0.6 is 11.6 Å². The van der Waals surface area contributed by atoms with E-state index in [1.807, 2.05) is 24.3 Å². The second-order valence-electron chi connectivity index (χ2n) is 4.98. The van der Waals surface area contributed by atoms with Crippen molar-refractivity contribution in [3.63, 3.8) is 0 Å². The average molecular weight is 270 g/mol. The monoisotopic (exact) mass is 269 g/mol. The van der Waals surface area contributed by atoms with E-state index >= 15 is 0 Å². The van der Waals surface area contributed by atoms with Crippen molar-refractivity contribution < 1.29 is 5.11 Å². The second-order valence-corrected chi connectivity index (χ2v) is 5.41. The second kappa shape index (κ2) is 7.78. The van der Waals surface area contributed by atoms with Crippen LogP contribution in [-0.4, -0.2) is 29.6 Å². The Morgan fingerprint density at radius 3 is 2.67 bits per heavy atom. The molecule has 1 rings (SSSR count). The number of hydrogen-bond acceptors (Lipinski definition) is 2. The van der Waals surface area contributed by atoms with Crippen LogP contribution in [0.4, 0.5) is 0 Å². The zero-order chi connectivity index (χ0) is 13.5. The highest BCUT2D eigenvalue weighted by Crippen LogP contribution is 2.20. The van der Waals surface area contributed by atoms with E-state index in [9.17, 15) is 5.11 Å². The van der Waals surface area contributed by atoms with Crippen molar-refractivity contribution in [1.29, 1.82) is 0 Å². The summed E-state index contributed by atoms with van der Waals surface area (Å²) in [5.41, 5.74) is 0.902. The molecular weight excluding hydrogens is 246 g/mol. The molecule has 1 aromatic carbocycles. The summed E-state index contributed by atoms with van der Waals surface area (Å²) >= 11 is 5.92. The minimum absolute atomic E-state index is 0.431. The maximum absolute atomic E-state index is 10.1. The molecule has 0 aromatic heterocycles. The van der Waals surface area contributed by atoms with Crippen LogP contribution < -0.4 is 0 Å². The SMILES string of the molecule is CCCC(C)N(C)CCC(O)c1cccc(Cl)c1. The molecule has 2 nitrogen and oxygen atoms in total. The molecule has 0 fully saturated rings. The molecule has 0 aliphatic rings. The molecular formula is C15H24ClNO. The van der Waals surface area contributed by atoms with Crippen LogP contribution in [0.25, 0.3) is 0 Å². The third-order valence-electron chi connectivity index (χ3n) is 3.45. The van der Waals surface area contributed by atoms with Crippen LogP contribution in [0.2, 0.25) is 5.02 Å². The van der Waals surface area contributed by atoms with E-state index in [1.54, 1.807) is 0 Å². The van der Waals surface area contributed by atoms with E-state index < -0.39 is 6.10 Å². The van der Waals surface area contributed by atoms with Gasteiger partial charge >= 0.3 is 0 Å². The highest BCUT2D eigenvalue weighted by molar-refractivity contribution is 6.30. The first-order valence-corrected chi connectivity index (χ1v) is 7.06. The smallest absolute Gasteiger partial charge is 0.0802 e. The molecule has 1 N–H and O–H groups in total. The van der Waals surface area contributed by atoms with Gasteiger partial charge in [0.15, 0.2) is 0 Å². The van der Waals surface area contributed by atoms with Crippen LogP contribution in [0.5, 0.6) is 0 Å². The Balaban J connectivity index is 2.43. The van der Waals surface area contributed by atoms with Crippen molar-refractivity contribution in [2.75, 3.05) is 13.6 Å². The zero-order valence-electron chi connectivity index (χ0n) is 11.6. The third-order valence-corrected chi connectivity index (χ3v) is 3.68. The van der Waals surface area contributed by atoms with E-state index in [0.717, 1.165) is 18.5 Å². The Morgan fingerprint density at radius 1 is 1.33 bits per heavy atom. The maximum atomic E-state index is 10.1. The van der Waals surface area contributed by atoms with Crippen LogP contribution in [0.3, 0.4) is 0 Å². The standard InChI is InChI=1S/C15H24ClNO/c1-4-6-12(2)17(3)10-9-15(18)13-7-5-8-14(16)11-13/h5,7-8,11-12,15,18H,4,6,9-10H2,1-3H3. The fourth-order valence-electron chi connectivity index (χ4n) is 2.06. The maximum Gasteiger partial charge on any atom is 0.0802 e. The van der Waals surface area contributed by atoms with Gasteiger partial charge in [-0.05, 0) is 44.5 Å². The molecule has 0 aliphatic heterocycles. The third kappa shape index (κ3) is 4.97. The Bertz CT molecular complexity index is 356. The van der Waals surface area contributed by atoms with Crippen molar-refractivity contribution in [3.05, 3.63) is 34.9 Å². The lowest BCUT2D eigenvalue weighted by Gasteiger charge is -2.25. The summed E-state index contributed by atoms with van der Waals surface area (Å²) in [6, 6.07) is 8.03. The number of halogens is 1. The molecule has 3 heteroatoms. The number of rotatable bonds is 7. The average Bonchev–Trinajstić information content (AvgIpc) is 2.35. The molecule has 0 bridgehead atoms. The molecule has 102 valence electrons. The Labute approximate surface area is 116 Å². The number of nitrogens with zero attached hydrogens (tertiary/aromatic N) is 1. The molecule has 2 unspecified atom stereocenters. The summed E-state index contributed by atoms with van der Waals surface area (Å²) in [6.07, 6.45) is 2.71. The fraction of sp³-hybridized carbons (Fsp3) is 0.600. The van der Waals surface area contributed by atoms with Crippen molar-refractivity contribution in [2.45, 2.75) is 45.3 Å². The van der Waals surface area contributed by atoms with Gasteiger partial charge in [-0.25, -0.2) is 0 Å². The summed E-state index contributed by atoms with van der Waals surface area (Å²) in [6.45, 7) is 5.33. The highest BCUT2D eigenvalue weighted by atomic mass is 35.5. The number of hydrogen-bond donors (Lipinski definition) is 1. The molecule has 0 heterocycles. The molecule has 0 radical (unpaired) electrons. The lowest BCUT2D eigenvalue weighted by atomic mass is 10.1. The lowest BCUT2D eigenvalue weighted by Crippen LogP contribution is -2.30. The summed E-state index contributed by atoms with van der Waals surface area (Å²) in [4.78, 5) is 2.30. The van der Waals surface area contributed by atoms with Crippen LogP contribution in [0.15, 0.2) is 24.3 Å². The molecule has 0 saturated carbocycles. The van der Waals surface area contributed by atoms with Gasteiger partial charge in [-0.2, -0.15) is 0 Å². The van der Waals surface area contributed by atoms with Gasteiger partial charge in [-0.3, -0.25) is 0 Å². The molecule has 0 amide bonds. The highest BCUT2D eigenvalue weighted by Gasteiger charge is 2.12. The van der Waals surface area contributed by atoms with Gasteiger partial charge in [-0.1, -0.05) is 37.1 Å². The van der Waals surface area contributed by atoms with Gasteiger partial charge in [0, 0.05) is 17.6 Å². The van der Waals surface area contributed by atoms with Crippen molar-refractivity contribution in [1.82, 2.24) is 4.90 Å². The zero-order valence-corrected chi connectivity index (χ0v) is 12.3. The molecule has 18 heavy (non-hydrogen) atoms. The Morgan fingerprint density at radius 2 is 2.06 bits per heavy atom. The molecule has 0 spiro atoms. The lowest BCUT2D eigenvalue weighted by molar-refractivity contribution is 0.137. The minimum atomic E-state index is -0.431. The van der Waals surface area contributed by atoms with Gasteiger partial charge in [0.05, 0.1) is 6.10 Å². The molecule has 2 atom stereocenters. The predicted octanol–water partition coefficient (Wildman–Crippen LogP) is 3.88. The van der Waals surface area contributed by atoms with E-state index in [-0.39, 0.29) is 0 Å². The van der Waals surface area contributed by atoms with Crippen LogP contribution in [0.1, 0.15) is 44.8 Å². The van der Waals surface area contributed by atoms with Crippen molar-refractivity contribution >= 4 is 11.6 Å². The largest absolute Gasteiger partial charge is 0.388 e. The van der Waals surface area contributed by atoms with E-state index in [4.69, 9.17) is 11.6 Å². The topological polar surface area (TPSA) is 23.5 Å². The number of benzene rings is 1. The first-order chi connectivity index (χ1) is 8.54. The molecule has 0 aliphatic carbocycles. The summed E-state index contributed by atoms with van der Waals surface area (Å²) in [5.74, 6) is 0. The van der Waals surface area contributed by atoms with Crippen molar-refractivity contribution in [2.24, 2.45) is 0 Å². The first-order valence-electron chi connectivity index (χ1n) is 6.68. The van der Waals surface area contributed by atoms with Gasteiger partial charge in [-0.15, -0.1) is 0 Å². The summed E-state index contributed by atoms with van der Waals surface area (Å²) in [7, 11) is 2.12. The van der Waals surface area contributed by atoms with Gasteiger partial charge < -0.3 is 10.0 Å². The predicted molar refractivity (Wildman–Crippen MR) is 78.0 cm³/mol. The Kier molecular flexibility index (Phi) is 6.69.